The van der Waals surface area contributed by atoms with Gasteiger partial charge in [0.2, 0.25) is 5.91 Å². The number of nitrogens with one attached hydrogen (secondary N) is 1. The molecule has 0 saturated carbocycles. The van der Waals surface area contributed by atoms with Gasteiger partial charge in [0.15, 0.2) is 0 Å². The van der Waals surface area contributed by atoms with Crippen molar-refractivity contribution in [2.45, 2.75) is 51.6 Å². The summed E-state index contributed by atoms with van der Waals surface area (Å²) >= 11 is 0. The Balaban J connectivity index is 2.03. The summed E-state index contributed by atoms with van der Waals surface area (Å²) in [6.45, 7) is 5.88. The van der Waals surface area contributed by atoms with Gasteiger partial charge in [0.1, 0.15) is 0 Å². The Morgan fingerprint density at radius 2 is 2.00 bits per heavy atom. The van der Waals surface area contributed by atoms with Crippen LogP contribution in [0, 0.1) is 5.92 Å². The van der Waals surface area contributed by atoms with Crippen molar-refractivity contribution in [3.63, 3.8) is 0 Å². The number of fused-ring (bicyclic) bond motifs is 1. The van der Waals surface area contributed by atoms with Gasteiger partial charge in [-0.05, 0) is 51.2 Å². The third-order valence-electron chi connectivity index (χ3n) is 4.30. The molecule has 1 amide bonds. The van der Waals surface area contributed by atoms with Crippen LogP contribution in [-0.4, -0.2) is 17.5 Å². The Morgan fingerprint density at radius 1 is 1.37 bits per heavy atom. The fourth-order valence-corrected chi connectivity index (χ4v) is 2.45. The third kappa shape index (κ3) is 3.16. The smallest absolute Gasteiger partial charge is 0.223 e. The Kier molecular flexibility index (Phi) is 3.95. The van der Waals surface area contributed by atoms with Gasteiger partial charge in [0, 0.05) is 17.5 Å². The first-order valence-corrected chi connectivity index (χ1v) is 7.04. The Hall–Kier alpha value is -1.35. The minimum absolute atomic E-state index is 0.0627. The predicted octanol–water partition coefficient (Wildman–Crippen LogP) is 2.03. The number of rotatable bonds is 3. The molecular weight excluding hydrogens is 236 g/mol. The van der Waals surface area contributed by atoms with Crippen LogP contribution in [0.4, 0.5) is 0 Å². The zero-order chi connectivity index (χ0) is 14.0. The molecule has 0 radical (unpaired) electrons. The molecule has 1 aliphatic carbocycles. The van der Waals surface area contributed by atoms with Crippen LogP contribution in [0.25, 0.3) is 0 Å². The lowest BCUT2D eigenvalue weighted by molar-refractivity contribution is -0.127. The van der Waals surface area contributed by atoms with Gasteiger partial charge in [-0.15, -0.1) is 0 Å². The zero-order valence-corrected chi connectivity index (χ0v) is 12.1. The van der Waals surface area contributed by atoms with Crippen LogP contribution in [0.2, 0.25) is 0 Å². The van der Waals surface area contributed by atoms with Crippen molar-refractivity contribution in [2.75, 3.05) is 0 Å². The summed E-state index contributed by atoms with van der Waals surface area (Å²) in [4.78, 5) is 12.4. The molecule has 0 bridgehead atoms. The number of hydrogen-bond donors (Lipinski definition) is 2. The van der Waals surface area contributed by atoms with Gasteiger partial charge in [0.05, 0.1) is 0 Å². The number of carbonyl (C=O) groups is 1. The van der Waals surface area contributed by atoms with E-state index in [0.29, 0.717) is 0 Å². The zero-order valence-electron chi connectivity index (χ0n) is 12.1. The number of amides is 1. The van der Waals surface area contributed by atoms with E-state index in [2.05, 4.69) is 23.5 Å². The van der Waals surface area contributed by atoms with Crippen LogP contribution in [0.5, 0.6) is 0 Å². The highest BCUT2D eigenvalue weighted by molar-refractivity contribution is 5.80. The first-order valence-electron chi connectivity index (χ1n) is 7.04. The molecule has 19 heavy (non-hydrogen) atoms. The van der Waals surface area contributed by atoms with Gasteiger partial charge in [-0.3, -0.25) is 4.79 Å². The van der Waals surface area contributed by atoms with E-state index in [9.17, 15) is 4.79 Å². The maximum absolute atomic E-state index is 12.4. The summed E-state index contributed by atoms with van der Waals surface area (Å²) in [7, 11) is 0. The van der Waals surface area contributed by atoms with E-state index in [1.165, 1.54) is 11.1 Å². The molecule has 0 aliphatic heterocycles. The molecular formula is C16H24N2O. The van der Waals surface area contributed by atoms with Crippen LogP contribution < -0.4 is 11.1 Å². The Bertz CT molecular complexity index is 466. The molecule has 3 heteroatoms. The summed E-state index contributed by atoms with van der Waals surface area (Å²) in [5.74, 6) is 0.213. The van der Waals surface area contributed by atoms with E-state index in [1.54, 1.807) is 0 Å². The lowest BCUT2D eigenvalue weighted by atomic mass is 9.83. The van der Waals surface area contributed by atoms with Gasteiger partial charge >= 0.3 is 0 Å². The van der Waals surface area contributed by atoms with Crippen molar-refractivity contribution >= 4 is 5.91 Å². The van der Waals surface area contributed by atoms with E-state index in [4.69, 9.17) is 5.73 Å². The van der Waals surface area contributed by atoms with Gasteiger partial charge in [-0.1, -0.05) is 24.3 Å². The lowest BCUT2D eigenvalue weighted by Crippen LogP contribution is -2.56. The topological polar surface area (TPSA) is 55.1 Å². The molecule has 3 nitrogen and oxygen atoms in total. The van der Waals surface area contributed by atoms with E-state index in [0.717, 1.165) is 19.3 Å². The molecule has 0 fully saturated rings. The second-order valence-corrected chi connectivity index (χ2v) is 6.21. The molecule has 1 aromatic rings. The van der Waals surface area contributed by atoms with Crippen LogP contribution in [0.3, 0.4) is 0 Å². The first kappa shape index (κ1) is 14.1. The molecule has 0 aromatic heterocycles. The quantitative estimate of drug-likeness (QED) is 0.873. The highest BCUT2D eigenvalue weighted by atomic mass is 16.2. The summed E-state index contributed by atoms with van der Waals surface area (Å²) in [6.07, 6.45) is 2.77. The maximum Gasteiger partial charge on any atom is 0.223 e. The van der Waals surface area contributed by atoms with Crippen LogP contribution in [-0.2, 0) is 17.6 Å². The molecule has 3 N–H and O–H groups in total. The number of benzene rings is 1. The van der Waals surface area contributed by atoms with Crippen molar-refractivity contribution in [3.05, 3.63) is 35.4 Å². The summed E-state index contributed by atoms with van der Waals surface area (Å²) in [6, 6.07) is 8.34. The Labute approximate surface area is 115 Å². The van der Waals surface area contributed by atoms with Crippen LogP contribution in [0.15, 0.2) is 24.3 Å². The molecule has 2 unspecified atom stereocenters. The fraction of sp³-hybridized carbons (Fsp3) is 0.562. The van der Waals surface area contributed by atoms with E-state index < -0.39 is 0 Å². The first-order chi connectivity index (χ1) is 8.90. The number of hydrogen-bond acceptors (Lipinski definition) is 2. The van der Waals surface area contributed by atoms with E-state index in [-0.39, 0.29) is 23.4 Å². The van der Waals surface area contributed by atoms with E-state index >= 15 is 0 Å². The molecule has 0 heterocycles. The lowest BCUT2D eigenvalue weighted by Gasteiger charge is -2.33. The van der Waals surface area contributed by atoms with Gasteiger partial charge < -0.3 is 11.1 Å². The standard InChI is InChI=1S/C16H24N2O/c1-11(17)16(2,3)18-15(19)14-9-8-12-6-4-5-7-13(12)10-14/h4-7,11,14H,8-10,17H2,1-3H3,(H,18,19). The molecule has 1 aromatic carbocycles. The van der Waals surface area contributed by atoms with Crippen molar-refractivity contribution in [2.24, 2.45) is 11.7 Å². The summed E-state index contributed by atoms with van der Waals surface area (Å²) in [5, 5.41) is 3.09. The highest BCUT2D eigenvalue weighted by Crippen LogP contribution is 2.26. The average Bonchev–Trinajstić information content (AvgIpc) is 2.37. The average molecular weight is 260 g/mol. The van der Waals surface area contributed by atoms with Crippen molar-refractivity contribution in [3.8, 4) is 0 Å². The minimum Gasteiger partial charge on any atom is -0.349 e. The molecule has 1 aliphatic rings. The number of aryl methyl sites for hydroxylation is 1. The maximum atomic E-state index is 12.4. The molecule has 104 valence electrons. The third-order valence-corrected chi connectivity index (χ3v) is 4.30. The minimum atomic E-state index is -0.353. The van der Waals surface area contributed by atoms with Crippen molar-refractivity contribution in [1.29, 1.82) is 0 Å². The second kappa shape index (κ2) is 5.33. The molecule has 0 spiro atoms. The van der Waals surface area contributed by atoms with Gasteiger partial charge in [0.25, 0.3) is 0 Å². The highest BCUT2D eigenvalue weighted by Gasteiger charge is 2.30. The SMILES string of the molecule is CC(N)C(C)(C)NC(=O)C1CCc2ccccc2C1. The largest absolute Gasteiger partial charge is 0.349 e. The Morgan fingerprint density at radius 3 is 2.63 bits per heavy atom. The predicted molar refractivity (Wildman–Crippen MR) is 77.8 cm³/mol. The second-order valence-electron chi connectivity index (χ2n) is 6.21. The molecule has 0 saturated heterocycles. The van der Waals surface area contributed by atoms with Crippen LogP contribution in [0.1, 0.15) is 38.3 Å². The van der Waals surface area contributed by atoms with Crippen molar-refractivity contribution in [1.82, 2.24) is 5.32 Å². The van der Waals surface area contributed by atoms with Crippen molar-refractivity contribution < 1.29 is 4.79 Å². The van der Waals surface area contributed by atoms with Gasteiger partial charge in [-0.25, -0.2) is 0 Å². The van der Waals surface area contributed by atoms with Crippen LogP contribution >= 0.6 is 0 Å². The fourth-order valence-electron chi connectivity index (χ4n) is 2.45. The number of nitrogens with two attached hydrogens (primary N) is 1. The monoisotopic (exact) mass is 260 g/mol. The number of carbonyl (C=O) groups excluding carboxylic acids is 1. The summed E-state index contributed by atoms with van der Waals surface area (Å²) in [5.41, 5.74) is 8.26. The molecule has 2 atom stereocenters. The van der Waals surface area contributed by atoms with Gasteiger partial charge in [-0.2, -0.15) is 0 Å². The molecule has 2 rings (SSSR count). The van der Waals surface area contributed by atoms with E-state index in [1.807, 2.05) is 26.8 Å². The summed E-state index contributed by atoms with van der Waals surface area (Å²) < 4.78 is 0. The normalized spacial score (nSPS) is 20.5.